The molecule has 0 saturated carbocycles. The first kappa shape index (κ1) is 34.3. The number of aryl methyl sites for hydroxylation is 1. The van der Waals surface area contributed by atoms with Gasteiger partial charge in [-0.25, -0.2) is 4.79 Å². The fraction of sp³-hybridized carbons (Fsp3) is 0.655. The number of aromatic nitrogens is 2. The number of nitrogens with zero attached hydrogens (tertiary/aromatic N) is 5. The minimum atomic E-state index is -2.41. The van der Waals surface area contributed by atoms with Crippen molar-refractivity contribution < 1.29 is 28.0 Å². The van der Waals surface area contributed by atoms with Gasteiger partial charge in [-0.05, 0) is 55.8 Å². The van der Waals surface area contributed by atoms with E-state index in [1.807, 2.05) is 13.0 Å². The molecule has 1 aliphatic heterocycles. The fourth-order valence-corrected chi connectivity index (χ4v) is 8.22. The fourth-order valence-electron chi connectivity index (χ4n) is 4.77. The van der Waals surface area contributed by atoms with Crippen molar-refractivity contribution >= 4 is 32.0 Å². The average Bonchev–Trinajstić information content (AvgIpc) is 3.38. The number of amides is 1. The van der Waals surface area contributed by atoms with Crippen LogP contribution in [-0.4, -0.2) is 56.3 Å². The third-order valence-electron chi connectivity index (χ3n) is 8.73. The standard InChI is InChI=1S/C29H44N6O6SSi/c1-17(2)29(5,6)43(8,9)41-24-12-23(38-7)18(3)26-21(24)15-42-16-22(27-32-19(4)34-40-27)33-25(36)11-10-20(13-31-35-30)14-39-28(26)37/h12,17,20,22H,10-11,13-16H2,1-9H3,(H,33,36)/t20-,22+/m1/s1. The second-order valence-corrected chi connectivity index (χ2v) is 17.8. The minimum absolute atomic E-state index is 0.0164. The summed E-state index contributed by atoms with van der Waals surface area (Å²) in [5, 5.41) is 10.5. The number of fused-ring (bicyclic) bond motifs is 1. The zero-order valence-electron chi connectivity index (χ0n) is 26.6. The Morgan fingerprint density at radius 1 is 1.28 bits per heavy atom. The molecule has 0 bridgehead atoms. The van der Waals surface area contributed by atoms with Crippen LogP contribution in [0.3, 0.4) is 0 Å². The highest BCUT2D eigenvalue weighted by Gasteiger charge is 2.45. The minimum Gasteiger partial charge on any atom is -0.543 e. The highest BCUT2D eigenvalue weighted by atomic mass is 32.2. The van der Waals surface area contributed by atoms with Crippen molar-refractivity contribution in [3.8, 4) is 11.5 Å². The maximum Gasteiger partial charge on any atom is 0.338 e. The molecule has 2 aromatic rings. The summed E-state index contributed by atoms with van der Waals surface area (Å²) >= 11 is 1.52. The number of rotatable bonds is 8. The van der Waals surface area contributed by atoms with Gasteiger partial charge in [-0.2, -0.15) is 16.7 Å². The number of azide groups is 1. The quantitative estimate of drug-likeness (QED) is 0.110. The lowest BCUT2D eigenvalue weighted by Gasteiger charge is -2.43. The lowest BCUT2D eigenvalue weighted by atomic mass is 9.99. The highest BCUT2D eigenvalue weighted by Crippen LogP contribution is 2.47. The topological polar surface area (TPSA) is 162 Å². The lowest BCUT2D eigenvalue weighted by Crippen LogP contribution is -2.48. The number of hydrogen-bond donors (Lipinski definition) is 1. The van der Waals surface area contributed by atoms with E-state index in [4.69, 9.17) is 24.0 Å². The molecule has 0 aliphatic carbocycles. The molecule has 0 radical (unpaired) electrons. The largest absolute Gasteiger partial charge is 0.543 e. The van der Waals surface area contributed by atoms with E-state index >= 15 is 0 Å². The Kier molecular flexibility index (Phi) is 11.6. The van der Waals surface area contributed by atoms with E-state index in [0.29, 0.717) is 63.7 Å². The van der Waals surface area contributed by atoms with Gasteiger partial charge < -0.3 is 23.7 Å². The Hall–Kier alpha value is -3.22. The number of carbonyl (C=O) groups excluding carboxylic acids is 2. The van der Waals surface area contributed by atoms with Gasteiger partial charge >= 0.3 is 5.97 Å². The smallest absolute Gasteiger partial charge is 0.338 e. The molecule has 12 nitrogen and oxygen atoms in total. The molecule has 2 atom stereocenters. The number of nitrogens with one attached hydrogen (secondary N) is 1. The zero-order chi connectivity index (χ0) is 31.9. The first-order valence-electron chi connectivity index (χ1n) is 14.5. The van der Waals surface area contributed by atoms with E-state index in [1.165, 1.54) is 11.8 Å². The first-order chi connectivity index (χ1) is 20.2. The summed E-state index contributed by atoms with van der Waals surface area (Å²) in [6, 6.07) is 1.32. The molecule has 236 valence electrons. The van der Waals surface area contributed by atoms with Crippen molar-refractivity contribution in [3.63, 3.8) is 0 Å². The van der Waals surface area contributed by atoms with Crippen LogP contribution in [-0.2, 0) is 15.3 Å². The summed E-state index contributed by atoms with van der Waals surface area (Å²) in [5.41, 5.74) is 10.6. The van der Waals surface area contributed by atoms with Gasteiger partial charge in [-0.15, -0.1) is 0 Å². The SMILES string of the molecule is COc1cc(O[Si](C)(C)C(C)(C)C(C)C)c2c(c1C)C(=O)OC[C@@H](CN=[N+]=[N-])CCC(=O)N[C@H](c1nc(C)no1)CSC2. The van der Waals surface area contributed by atoms with Crippen molar-refractivity contribution in [2.45, 2.75) is 84.3 Å². The van der Waals surface area contributed by atoms with Crippen LogP contribution in [0.1, 0.15) is 79.8 Å². The van der Waals surface area contributed by atoms with Gasteiger partial charge in [0.15, 0.2) is 5.82 Å². The summed E-state index contributed by atoms with van der Waals surface area (Å²) in [7, 11) is -0.838. The molecule has 1 aromatic carbocycles. The van der Waals surface area contributed by atoms with Crippen molar-refractivity contribution in [1.82, 2.24) is 15.5 Å². The van der Waals surface area contributed by atoms with Gasteiger partial charge in [0, 0.05) is 46.6 Å². The Morgan fingerprint density at radius 3 is 2.60 bits per heavy atom. The zero-order valence-corrected chi connectivity index (χ0v) is 28.5. The van der Waals surface area contributed by atoms with Crippen LogP contribution in [0.5, 0.6) is 11.5 Å². The number of esters is 1. The van der Waals surface area contributed by atoms with E-state index in [9.17, 15) is 9.59 Å². The Balaban J connectivity index is 2.13. The predicted molar refractivity (Wildman–Crippen MR) is 168 cm³/mol. The van der Waals surface area contributed by atoms with Crippen molar-refractivity contribution in [2.75, 3.05) is 26.0 Å². The van der Waals surface area contributed by atoms with Crippen molar-refractivity contribution in [3.05, 3.63) is 44.9 Å². The van der Waals surface area contributed by atoms with Crippen LogP contribution in [0.25, 0.3) is 10.4 Å². The van der Waals surface area contributed by atoms with Crippen LogP contribution in [0.15, 0.2) is 15.7 Å². The molecule has 0 fully saturated rings. The third kappa shape index (κ3) is 8.24. The molecule has 1 aromatic heterocycles. The van der Waals surface area contributed by atoms with E-state index < -0.39 is 20.3 Å². The number of benzene rings is 1. The molecule has 14 heteroatoms. The van der Waals surface area contributed by atoms with Gasteiger partial charge in [0.1, 0.15) is 17.5 Å². The second kappa shape index (κ2) is 14.5. The number of hydrogen-bond acceptors (Lipinski definition) is 10. The molecule has 0 spiro atoms. The summed E-state index contributed by atoms with van der Waals surface area (Å²) in [6.45, 7) is 16.8. The maximum absolute atomic E-state index is 13.8. The maximum atomic E-state index is 13.8. The number of cyclic esters (lactones) is 1. The molecule has 1 amide bonds. The molecule has 1 N–H and O–H groups in total. The first-order valence-corrected chi connectivity index (χ1v) is 18.5. The van der Waals surface area contributed by atoms with Crippen LogP contribution in [0, 0.1) is 25.7 Å². The third-order valence-corrected chi connectivity index (χ3v) is 14.2. The van der Waals surface area contributed by atoms with Crippen LogP contribution < -0.4 is 14.5 Å². The Labute approximate surface area is 258 Å². The number of ether oxygens (including phenoxy) is 2. The van der Waals surface area contributed by atoms with Gasteiger partial charge in [0.05, 0.1) is 19.3 Å². The molecule has 1 aliphatic rings. The Bertz CT molecular complexity index is 1360. The molecule has 0 unspecified atom stereocenters. The van der Waals surface area contributed by atoms with E-state index in [-0.39, 0.29) is 36.4 Å². The van der Waals surface area contributed by atoms with E-state index in [1.54, 1.807) is 14.0 Å². The van der Waals surface area contributed by atoms with Crippen LogP contribution in [0.4, 0.5) is 0 Å². The summed E-state index contributed by atoms with van der Waals surface area (Å²) in [5.74, 6) is 1.96. The summed E-state index contributed by atoms with van der Waals surface area (Å²) in [4.78, 5) is 34.0. The summed E-state index contributed by atoms with van der Waals surface area (Å²) < 4.78 is 23.9. The van der Waals surface area contributed by atoms with Crippen LogP contribution in [0.2, 0.25) is 18.1 Å². The van der Waals surface area contributed by atoms with Gasteiger partial charge in [0.25, 0.3) is 8.32 Å². The normalized spacial score (nSPS) is 19.0. The monoisotopic (exact) mass is 632 g/mol. The van der Waals surface area contributed by atoms with Crippen molar-refractivity contribution in [1.29, 1.82) is 0 Å². The van der Waals surface area contributed by atoms with E-state index in [0.717, 1.165) is 0 Å². The van der Waals surface area contributed by atoms with Gasteiger partial charge in [-0.3, -0.25) is 4.79 Å². The summed E-state index contributed by atoms with van der Waals surface area (Å²) in [6.07, 6.45) is 0.494. The molecule has 3 rings (SSSR count). The molecule has 2 heterocycles. The number of methoxy groups -OCH3 is 1. The number of thioether (sulfide) groups is 1. The molecule has 43 heavy (non-hydrogen) atoms. The van der Waals surface area contributed by atoms with Gasteiger partial charge in [-0.1, -0.05) is 38.0 Å². The Morgan fingerprint density at radius 2 is 2.00 bits per heavy atom. The number of carbonyl (C=O) groups is 2. The van der Waals surface area contributed by atoms with Gasteiger partial charge in [0.2, 0.25) is 11.8 Å². The highest BCUT2D eigenvalue weighted by molar-refractivity contribution is 7.98. The molecule has 0 saturated heterocycles. The lowest BCUT2D eigenvalue weighted by molar-refractivity contribution is -0.122. The second-order valence-electron chi connectivity index (χ2n) is 12.3. The van der Waals surface area contributed by atoms with E-state index in [2.05, 4.69) is 66.3 Å². The van der Waals surface area contributed by atoms with Crippen molar-refractivity contribution in [2.24, 2.45) is 17.0 Å². The molecular formula is C29H44N6O6SSi. The molecular weight excluding hydrogens is 589 g/mol. The van der Waals surface area contributed by atoms with Crippen LogP contribution >= 0.6 is 11.8 Å². The predicted octanol–water partition coefficient (Wildman–Crippen LogP) is 6.68. The average molecular weight is 633 g/mol.